The van der Waals surface area contributed by atoms with Crippen LogP contribution in [0.4, 0.5) is 17.6 Å². The molecule has 0 aliphatic carbocycles. The average Bonchev–Trinajstić information content (AvgIpc) is 3.15. The van der Waals surface area contributed by atoms with E-state index in [4.69, 9.17) is 21.1 Å². The van der Waals surface area contributed by atoms with Gasteiger partial charge in [0.1, 0.15) is 12.4 Å². The van der Waals surface area contributed by atoms with Gasteiger partial charge in [0.15, 0.2) is 11.6 Å². The van der Waals surface area contributed by atoms with Crippen molar-refractivity contribution in [2.75, 3.05) is 0 Å². The van der Waals surface area contributed by atoms with Gasteiger partial charge in [-0.2, -0.15) is 18.2 Å². The lowest BCUT2D eigenvalue weighted by Crippen LogP contribution is -2.05. The Kier molecular flexibility index (Phi) is 5.21. The lowest BCUT2D eigenvalue weighted by Gasteiger charge is -2.12. The third-order valence-electron chi connectivity index (χ3n) is 4.09. The molecule has 0 radical (unpaired) electrons. The van der Waals surface area contributed by atoms with E-state index in [9.17, 15) is 17.6 Å². The molecule has 4 aromatic rings. The van der Waals surface area contributed by atoms with E-state index in [2.05, 4.69) is 9.97 Å². The number of hydrogen-bond donors (Lipinski definition) is 0. The summed E-state index contributed by atoms with van der Waals surface area (Å²) >= 11 is 5.65. The molecule has 0 unspecified atom stereocenters. The van der Waals surface area contributed by atoms with Crippen LogP contribution >= 0.6 is 11.6 Å². The average molecular weight is 438 g/mol. The van der Waals surface area contributed by atoms with Crippen LogP contribution in [0.1, 0.15) is 11.1 Å². The van der Waals surface area contributed by atoms with E-state index >= 15 is 0 Å². The summed E-state index contributed by atoms with van der Waals surface area (Å²) in [6.07, 6.45) is 0.491. The topological polar surface area (TPSA) is 48.7 Å². The van der Waals surface area contributed by atoms with E-state index < -0.39 is 22.6 Å². The Labute approximate surface area is 172 Å². The summed E-state index contributed by atoms with van der Waals surface area (Å²) in [6, 6.07) is 8.61. The van der Waals surface area contributed by atoms with Crippen LogP contribution in [0.15, 0.2) is 61.1 Å². The molecule has 2 heterocycles. The van der Waals surface area contributed by atoms with Crippen molar-refractivity contribution < 1.29 is 27.0 Å². The molecule has 0 aliphatic rings. The second-order valence-electron chi connectivity index (χ2n) is 6.20. The Morgan fingerprint density at radius 3 is 2.60 bits per heavy atom. The number of imidazole rings is 1. The van der Waals surface area contributed by atoms with Gasteiger partial charge in [0.25, 0.3) is 0 Å². The van der Waals surface area contributed by atoms with Gasteiger partial charge in [0, 0.05) is 30.7 Å². The van der Waals surface area contributed by atoms with Crippen LogP contribution in [0.25, 0.3) is 5.78 Å². The predicted molar refractivity (Wildman–Crippen MR) is 100 cm³/mol. The first-order chi connectivity index (χ1) is 14.3. The Bertz CT molecular complexity index is 1210. The first-order valence-electron chi connectivity index (χ1n) is 8.55. The fourth-order valence-corrected chi connectivity index (χ4v) is 2.94. The summed E-state index contributed by atoms with van der Waals surface area (Å²) in [5.74, 6) is -0.0881. The monoisotopic (exact) mass is 437 g/mol. The molecule has 10 heteroatoms. The van der Waals surface area contributed by atoms with Crippen molar-refractivity contribution in [3.8, 4) is 17.4 Å². The molecule has 0 atom stereocenters. The molecule has 0 aliphatic heterocycles. The van der Waals surface area contributed by atoms with Gasteiger partial charge in [-0.3, -0.25) is 4.40 Å². The van der Waals surface area contributed by atoms with E-state index in [0.29, 0.717) is 17.2 Å². The summed E-state index contributed by atoms with van der Waals surface area (Å²) in [6.45, 7) is 0.0488. The first-order valence-corrected chi connectivity index (χ1v) is 8.93. The van der Waals surface area contributed by atoms with Gasteiger partial charge in [-0.05, 0) is 29.8 Å². The van der Waals surface area contributed by atoms with E-state index in [1.807, 2.05) is 0 Å². The summed E-state index contributed by atoms with van der Waals surface area (Å²) in [4.78, 5) is 8.25. The van der Waals surface area contributed by atoms with Crippen molar-refractivity contribution in [1.82, 2.24) is 14.4 Å². The highest BCUT2D eigenvalue weighted by Crippen LogP contribution is 2.37. The van der Waals surface area contributed by atoms with Crippen LogP contribution in [0.3, 0.4) is 0 Å². The zero-order valence-electron chi connectivity index (χ0n) is 15.0. The van der Waals surface area contributed by atoms with Crippen LogP contribution < -0.4 is 9.47 Å². The van der Waals surface area contributed by atoms with Gasteiger partial charge in [-0.15, -0.1) is 0 Å². The van der Waals surface area contributed by atoms with Crippen molar-refractivity contribution in [3.05, 3.63) is 83.0 Å². The molecule has 154 valence electrons. The number of hydrogen-bond acceptors (Lipinski definition) is 4. The molecule has 2 aromatic heterocycles. The molecule has 0 amide bonds. The van der Waals surface area contributed by atoms with Crippen LogP contribution in [0.5, 0.6) is 17.4 Å². The van der Waals surface area contributed by atoms with Gasteiger partial charge >= 0.3 is 6.18 Å². The van der Waals surface area contributed by atoms with Crippen LogP contribution in [-0.4, -0.2) is 14.4 Å². The number of benzene rings is 2. The first kappa shape index (κ1) is 20.0. The summed E-state index contributed by atoms with van der Waals surface area (Å²) in [5, 5.41) is -0.535. The third kappa shape index (κ3) is 4.30. The maximum Gasteiger partial charge on any atom is 0.417 e. The van der Waals surface area contributed by atoms with Crippen LogP contribution in [-0.2, 0) is 12.8 Å². The van der Waals surface area contributed by atoms with Gasteiger partial charge in [0.05, 0.1) is 10.6 Å². The standard InChI is InChI=1S/C20H12ClF4N3O2/c21-15-10-13(2-3-14(15)20(23,24)25)30-17-4-1-12(9-16(17)22)11-29-18-5-7-28-8-6-26-19(28)27-18/h1-10H,11H2. The fraction of sp³-hybridized carbons (Fsp3) is 0.100. The normalized spacial score (nSPS) is 11.6. The number of halogens is 5. The van der Waals surface area contributed by atoms with Crippen molar-refractivity contribution in [3.63, 3.8) is 0 Å². The van der Waals surface area contributed by atoms with Crippen molar-refractivity contribution in [2.24, 2.45) is 0 Å². The van der Waals surface area contributed by atoms with Crippen molar-refractivity contribution in [2.45, 2.75) is 12.8 Å². The molecule has 0 bridgehead atoms. The van der Waals surface area contributed by atoms with E-state index in [1.165, 1.54) is 12.1 Å². The Morgan fingerprint density at radius 1 is 1.03 bits per heavy atom. The van der Waals surface area contributed by atoms with Gasteiger partial charge < -0.3 is 9.47 Å². The van der Waals surface area contributed by atoms with Gasteiger partial charge in [0.2, 0.25) is 11.7 Å². The molecular weight excluding hydrogens is 426 g/mol. The van der Waals surface area contributed by atoms with Crippen LogP contribution in [0.2, 0.25) is 5.02 Å². The smallest absolute Gasteiger partial charge is 0.417 e. The Morgan fingerprint density at radius 2 is 1.87 bits per heavy atom. The fourth-order valence-electron chi connectivity index (χ4n) is 2.66. The molecule has 4 rings (SSSR count). The third-order valence-corrected chi connectivity index (χ3v) is 4.41. The molecule has 5 nitrogen and oxygen atoms in total. The molecule has 2 aromatic carbocycles. The van der Waals surface area contributed by atoms with Crippen molar-refractivity contribution in [1.29, 1.82) is 0 Å². The SMILES string of the molecule is Fc1cc(COc2ccn3ccnc3n2)ccc1Oc1ccc(C(F)(F)F)c(Cl)c1. The second-order valence-corrected chi connectivity index (χ2v) is 6.60. The number of rotatable bonds is 5. The quantitative estimate of drug-likeness (QED) is 0.364. The van der Waals surface area contributed by atoms with Crippen LogP contribution in [0, 0.1) is 5.82 Å². The summed E-state index contributed by atoms with van der Waals surface area (Å²) in [5.41, 5.74) is -0.484. The molecule has 0 N–H and O–H groups in total. The minimum absolute atomic E-state index is 0.0203. The number of fused-ring (bicyclic) bond motifs is 1. The van der Waals surface area contributed by atoms with Gasteiger partial charge in [-0.1, -0.05) is 17.7 Å². The number of alkyl halides is 3. The number of nitrogens with zero attached hydrogens (tertiary/aromatic N) is 3. The highest BCUT2D eigenvalue weighted by atomic mass is 35.5. The largest absolute Gasteiger partial charge is 0.473 e. The van der Waals surface area contributed by atoms with Crippen molar-refractivity contribution >= 4 is 17.4 Å². The van der Waals surface area contributed by atoms with Gasteiger partial charge in [-0.25, -0.2) is 9.37 Å². The number of ether oxygens (including phenoxy) is 2. The van der Waals surface area contributed by atoms with E-state index in [-0.39, 0.29) is 18.1 Å². The molecule has 0 saturated heterocycles. The van der Waals surface area contributed by atoms with E-state index in [1.54, 1.807) is 35.1 Å². The Balaban J connectivity index is 1.44. The summed E-state index contributed by atoms with van der Waals surface area (Å²) < 4.78 is 65.3. The maximum absolute atomic E-state index is 14.4. The zero-order valence-corrected chi connectivity index (χ0v) is 15.8. The molecular formula is C20H12ClF4N3O2. The van der Waals surface area contributed by atoms with E-state index in [0.717, 1.165) is 18.2 Å². The Hall–Kier alpha value is -3.33. The summed E-state index contributed by atoms with van der Waals surface area (Å²) in [7, 11) is 0. The minimum Gasteiger partial charge on any atom is -0.473 e. The zero-order chi connectivity index (χ0) is 21.3. The highest BCUT2D eigenvalue weighted by Gasteiger charge is 2.33. The molecule has 0 saturated carbocycles. The maximum atomic E-state index is 14.4. The predicted octanol–water partition coefficient (Wildman–Crippen LogP) is 5.91. The lowest BCUT2D eigenvalue weighted by atomic mass is 10.2. The molecule has 30 heavy (non-hydrogen) atoms. The minimum atomic E-state index is -4.58. The second kappa shape index (κ2) is 7.83. The highest BCUT2D eigenvalue weighted by molar-refractivity contribution is 6.31. The lowest BCUT2D eigenvalue weighted by molar-refractivity contribution is -0.137. The number of aromatic nitrogens is 3. The molecule has 0 spiro atoms. The molecule has 0 fully saturated rings.